The van der Waals surface area contributed by atoms with Gasteiger partial charge in [0.2, 0.25) is 5.91 Å². The van der Waals surface area contributed by atoms with Crippen molar-refractivity contribution in [3.63, 3.8) is 0 Å². The largest absolute Gasteiger partial charge is 0.496 e. The smallest absolute Gasteiger partial charge is 0.225 e. The molecule has 2 heterocycles. The number of rotatable bonds is 6. The Bertz CT molecular complexity index is 1250. The number of benzene rings is 2. The molecule has 1 unspecified atom stereocenters. The number of aryl methyl sites for hydroxylation is 2. The molecule has 1 N–H and O–H groups in total. The van der Waals surface area contributed by atoms with Gasteiger partial charge in [0.1, 0.15) is 11.4 Å². The van der Waals surface area contributed by atoms with Crippen molar-refractivity contribution >= 4 is 28.8 Å². The first-order valence-corrected chi connectivity index (χ1v) is 10.5. The Morgan fingerprint density at radius 1 is 1.13 bits per heavy atom. The number of halogens is 1. The summed E-state index contributed by atoms with van der Waals surface area (Å²) in [5, 5.41) is 3.64. The highest BCUT2D eigenvalue weighted by molar-refractivity contribution is 6.30. The van der Waals surface area contributed by atoms with Crippen molar-refractivity contribution in [2.75, 3.05) is 12.4 Å². The van der Waals surface area contributed by atoms with Crippen molar-refractivity contribution in [1.29, 1.82) is 0 Å². The Balaban J connectivity index is 1.72. The number of carbonyl (C=O) groups is 1. The quantitative estimate of drug-likeness (QED) is 0.419. The summed E-state index contributed by atoms with van der Waals surface area (Å²) < 4.78 is 7.53. The lowest BCUT2D eigenvalue weighted by Crippen LogP contribution is -2.18. The Morgan fingerprint density at radius 3 is 2.71 bits per heavy atom. The number of ether oxygens (including phenoxy) is 1. The first-order chi connectivity index (χ1) is 15.0. The number of nitrogens with zero attached hydrogens (tertiary/aromatic N) is 2. The van der Waals surface area contributed by atoms with Crippen LogP contribution < -0.4 is 10.1 Å². The third-order valence-corrected chi connectivity index (χ3v) is 5.77. The molecule has 4 aromatic rings. The molecule has 31 heavy (non-hydrogen) atoms. The van der Waals surface area contributed by atoms with Crippen LogP contribution in [0.1, 0.15) is 34.7 Å². The zero-order valence-corrected chi connectivity index (χ0v) is 18.5. The van der Waals surface area contributed by atoms with Crippen molar-refractivity contribution < 1.29 is 9.53 Å². The van der Waals surface area contributed by atoms with Gasteiger partial charge in [-0.1, -0.05) is 35.9 Å². The molecule has 0 spiro atoms. The van der Waals surface area contributed by atoms with Gasteiger partial charge in [0, 0.05) is 36.0 Å². The van der Waals surface area contributed by atoms with E-state index in [2.05, 4.69) is 17.2 Å². The summed E-state index contributed by atoms with van der Waals surface area (Å²) >= 11 is 6.24. The maximum atomic E-state index is 13.1. The molecule has 0 bridgehead atoms. The summed E-state index contributed by atoms with van der Waals surface area (Å²) in [5.41, 5.74) is 5.67. The zero-order valence-electron chi connectivity index (χ0n) is 17.7. The summed E-state index contributed by atoms with van der Waals surface area (Å²) in [5.74, 6) is 0.371. The molecule has 0 radical (unpaired) electrons. The number of hydrogen-bond donors (Lipinski definition) is 1. The number of para-hydroxylation sites is 1. The number of aromatic nitrogens is 2. The lowest BCUT2D eigenvalue weighted by atomic mass is 9.91. The monoisotopic (exact) mass is 433 g/mol. The van der Waals surface area contributed by atoms with Crippen molar-refractivity contribution in [2.24, 2.45) is 0 Å². The normalized spacial score (nSPS) is 12.0. The highest BCUT2D eigenvalue weighted by Gasteiger charge is 2.25. The minimum atomic E-state index is -0.267. The molecule has 0 saturated carbocycles. The predicted octanol–water partition coefficient (Wildman–Crippen LogP) is 5.77. The highest BCUT2D eigenvalue weighted by Crippen LogP contribution is 2.35. The van der Waals surface area contributed by atoms with E-state index in [1.165, 1.54) is 5.56 Å². The second-order valence-corrected chi connectivity index (χ2v) is 8.04. The van der Waals surface area contributed by atoms with E-state index in [1.807, 2.05) is 66.1 Å². The minimum absolute atomic E-state index is 0.0869. The van der Waals surface area contributed by atoms with Crippen molar-refractivity contribution in [3.8, 4) is 5.75 Å². The molecule has 0 fully saturated rings. The fourth-order valence-corrected chi connectivity index (χ4v) is 3.94. The van der Waals surface area contributed by atoms with Crippen molar-refractivity contribution in [2.45, 2.75) is 26.2 Å². The Kier molecular flexibility index (Phi) is 5.96. The van der Waals surface area contributed by atoms with Gasteiger partial charge in [-0.3, -0.25) is 4.79 Å². The second kappa shape index (κ2) is 8.82. The second-order valence-electron chi connectivity index (χ2n) is 7.60. The predicted molar refractivity (Wildman–Crippen MR) is 124 cm³/mol. The number of nitrogens with one attached hydrogen (secondary N) is 1. The number of pyridine rings is 1. The van der Waals surface area contributed by atoms with E-state index in [0.717, 1.165) is 33.9 Å². The first kappa shape index (κ1) is 20.9. The molecule has 2 aromatic carbocycles. The van der Waals surface area contributed by atoms with Crippen LogP contribution in [0.4, 0.5) is 5.69 Å². The van der Waals surface area contributed by atoms with E-state index < -0.39 is 0 Å². The van der Waals surface area contributed by atoms with Gasteiger partial charge in [-0.2, -0.15) is 0 Å². The summed E-state index contributed by atoms with van der Waals surface area (Å²) in [7, 11) is 1.64. The standard InChI is InChI=1S/C25H24ClN3O2/c1-16-8-10-19(12-17(16)2)28-25(30)13-21(20-6-4-5-7-23(20)31-3)22-14-27-24-11-9-18(26)15-29(22)24/h4-12,14-15,21H,13H2,1-3H3,(H,28,30). The fraction of sp³-hybridized carbons (Fsp3) is 0.200. The number of hydrogen-bond acceptors (Lipinski definition) is 3. The van der Waals surface area contributed by atoms with Crippen molar-refractivity contribution in [1.82, 2.24) is 9.38 Å². The molecule has 1 amide bonds. The van der Waals surface area contributed by atoms with Gasteiger partial charge in [-0.15, -0.1) is 0 Å². The Hall–Kier alpha value is -3.31. The molecule has 0 aliphatic carbocycles. The summed E-state index contributed by atoms with van der Waals surface area (Å²) in [6.07, 6.45) is 3.85. The molecule has 0 aliphatic rings. The molecule has 4 rings (SSSR count). The van der Waals surface area contributed by atoms with E-state index in [-0.39, 0.29) is 18.2 Å². The number of methoxy groups -OCH3 is 1. The summed E-state index contributed by atoms with van der Waals surface area (Å²) in [6.45, 7) is 4.08. The van der Waals surface area contributed by atoms with E-state index in [4.69, 9.17) is 16.3 Å². The van der Waals surface area contributed by atoms with E-state index >= 15 is 0 Å². The van der Waals surface area contributed by atoms with Crippen molar-refractivity contribution in [3.05, 3.63) is 94.4 Å². The van der Waals surface area contributed by atoms with Gasteiger partial charge in [0.05, 0.1) is 17.8 Å². The van der Waals surface area contributed by atoms with Crippen LogP contribution in [0, 0.1) is 13.8 Å². The van der Waals surface area contributed by atoms with E-state index in [1.54, 1.807) is 19.4 Å². The van der Waals surface area contributed by atoms with E-state index in [9.17, 15) is 4.79 Å². The molecule has 2 aromatic heterocycles. The molecule has 0 aliphatic heterocycles. The van der Waals surface area contributed by atoms with Crippen LogP contribution in [0.5, 0.6) is 5.75 Å². The van der Waals surface area contributed by atoms with E-state index in [0.29, 0.717) is 5.02 Å². The first-order valence-electron chi connectivity index (χ1n) is 10.1. The lowest BCUT2D eigenvalue weighted by molar-refractivity contribution is -0.116. The fourth-order valence-electron chi connectivity index (χ4n) is 3.78. The SMILES string of the molecule is COc1ccccc1C(CC(=O)Nc1ccc(C)c(C)c1)c1cnc2ccc(Cl)cn12. The number of imidazole rings is 1. The maximum Gasteiger partial charge on any atom is 0.225 e. The van der Waals surface area contributed by atoms with Crippen LogP contribution in [0.2, 0.25) is 5.02 Å². The molecule has 158 valence electrons. The van der Waals surface area contributed by atoms with Crippen LogP contribution in [0.15, 0.2) is 67.0 Å². The number of carbonyl (C=O) groups excluding carboxylic acids is 1. The minimum Gasteiger partial charge on any atom is -0.496 e. The Morgan fingerprint density at radius 2 is 1.94 bits per heavy atom. The van der Waals surface area contributed by atoms with Crippen LogP contribution in [0.3, 0.4) is 0 Å². The number of anilines is 1. The van der Waals surface area contributed by atoms with Crippen LogP contribution in [-0.4, -0.2) is 22.4 Å². The average molecular weight is 434 g/mol. The molecule has 0 saturated heterocycles. The summed E-state index contributed by atoms with van der Waals surface area (Å²) in [4.78, 5) is 17.6. The average Bonchev–Trinajstić information content (AvgIpc) is 3.17. The van der Waals surface area contributed by atoms with Crippen LogP contribution in [-0.2, 0) is 4.79 Å². The van der Waals surface area contributed by atoms with Gasteiger partial charge >= 0.3 is 0 Å². The molecular weight excluding hydrogens is 410 g/mol. The van der Waals surface area contributed by atoms with Crippen LogP contribution >= 0.6 is 11.6 Å². The third-order valence-electron chi connectivity index (χ3n) is 5.55. The molecular formula is C25H24ClN3O2. The van der Waals surface area contributed by atoms with Gasteiger partial charge in [0.15, 0.2) is 0 Å². The molecule has 6 heteroatoms. The molecule has 5 nitrogen and oxygen atoms in total. The summed E-state index contributed by atoms with van der Waals surface area (Å²) in [6, 6.07) is 17.3. The topological polar surface area (TPSA) is 55.6 Å². The maximum absolute atomic E-state index is 13.1. The van der Waals surface area contributed by atoms with Gasteiger partial charge in [0.25, 0.3) is 0 Å². The lowest BCUT2D eigenvalue weighted by Gasteiger charge is -2.20. The van der Waals surface area contributed by atoms with Gasteiger partial charge in [-0.05, 0) is 55.3 Å². The number of fused-ring (bicyclic) bond motifs is 1. The molecule has 1 atom stereocenters. The Labute approximate surface area is 186 Å². The third kappa shape index (κ3) is 4.42. The van der Waals surface area contributed by atoms with Crippen LogP contribution in [0.25, 0.3) is 5.65 Å². The van der Waals surface area contributed by atoms with Gasteiger partial charge < -0.3 is 14.5 Å². The number of amides is 1. The highest BCUT2D eigenvalue weighted by atomic mass is 35.5. The zero-order chi connectivity index (χ0) is 22.0. The van der Waals surface area contributed by atoms with Gasteiger partial charge in [-0.25, -0.2) is 4.98 Å².